The Hall–Kier alpha value is -1.37. The van der Waals surface area contributed by atoms with Crippen LogP contribution in [-0.4, -0.2) is 24.7 Å². The predicted molar refractivity (Wildman–Crippen MR) is 64.0 cm³/mol. The Morgan fingerprint density at radius 1 is 1.44 bits per heavy atom. The molecule has 16 heavy (non-hydrogen) atoms. The number of benzene rings is 1. The van der Waals surface area contributed by atoms with Gasteiger partial charge in [0.05, 0.1) is 6.07 Å². The van der Waals surface area contributed by atoms with Crippen molar-refractivity contribution in [3.05, 3.63) is 35.9 Å². The molecule has 0 radical (unpaired) electrons. The lowest BCUT2D eigenvalue weighted by atomic mass is 9.92. The summed E-state index contributed by atoms with van der Waals surface area (Å²) in [6.07, 6.45) is 0.751. The van der Waals surface area contributed by atoms with Crippen LogP contribution >= 0.6 is 0 Å². The molecule has 0 bridgehead atoms. The van der Waals surface area contributed by atoms with Gasteiger partial charge in [-0.05, 0) is 12.5 Å². The third-order valence-corrected chi connectivity index (χ3v) is 2.95. The zero-order valence-electron chi connectivity index (χ0n) is 9.53. The molecule has 1 aromatic rings. The molecule has 0 spiro atoms. The van der Waals surface area contributed by atoms with E-state index >= 15 is 0 Å². The Morgan fingerprint density at radius 2 is 2.12 bits per heavy atom. The van der Waals surface area contributed by atoms with Crippen molar-refractivity contribution in [2.75, 3.05) is 13.1 Å². The summed E-state index contributed by atoms with van der Waals surface area (Å²) in [4.78, 5) is 0. The molecule has 0 amide bonds. The lowest BCUT2D eigenvalue weighted by Gasteiger charge is -2.35. The molecule has 1 atom stereocenters. The Bertz CT molecular complexity index is 378. The van der Waals surface area contributed by atoms with E-state index < -0.39 is 5.54 Å². The Balaban J connectivity index is 2.01. The molecule has 1 heterocycles. The summed E-state index contributed by atoms with van der Waals surface area (Å²) >= 11 is 0. The van der Waals surface area contributed by atoms with E-state index in [2.05, 4.69) is 28.8 Å². The molecule has 1 saturated heterocycles. The summed E-state index contributed by atoms with van der Waals surface area (Å²) in [5.74, 6) is 0. The Morgan fingerprint density at radius 3 is 2.62 bits per heavy atom. The minimum atomic E-state index is -0.464. The summed E-state index contributed by atoms with van der Waals surface area (Å²) < 4.78 is 0. The van der Waals surface area contributed by atoms with Crippen LogP contribution in [0.5, 0.6) is 0 Å². The van der Waals surface area contributed by atoms with E-state index in [0.717, 1.165) is 19.5 Å². The van der Waals surface area contributed by atoms with Crippen LogP contribution in [0.3, 0.4) is 0 Å². The summed E-state index contributed by atoms with van der Waals surface area (Å²) in [7, 11) is 0. The first-order valence-corrected chi connectivity index (χ1v) is 5.65. The molecule has 84 valence electrons. The molecule has 2 N–H and O–H groups in total. The Labute approximate surface area is 96.5 Å². The van der Waals surface area contributed by atoms with Gasteiger partial charge in [0.1, 0.15) is 5.54 Å². The molecule has 1 fully saturated rings. The Kier molecular flexibility index (Phi) is 3.23. The van der Waals surface area contributed by atoms with Gasteiger partial charge in [-0.15, -0.1) is 0 Å². The third kappa shape index (κ3) is 2.60. The first-order chi connectivity index (χ1) is 7.72. The largest absolute Gasteiger partial charge is 0.314 e. The van der Waals surface area contributed by atoms with E-state index in [1.54, 1.807) is 0 Å². The SMILES string of the molecule is C[C@](C#N)(Cc1ccccc1)NC1CNC1. The summed E-state index contributed by atoms with van der Waals surface area (Å²) in [5, 5.41) is 15.9. The summed E-state index contributed by atoms with van der Waals surface area (Å²) in [5.41, 5.74) is 0.736. The molecule has 1 aliphatic rings. The fourth-order valence-corrected chi connectivity index (χ4v) is 1.97. The number of hydrogen-bond acceptors (Lipinski definition) is 3. The van der Waals surface area contributed by atoms with Gasteiger partial charge in [-0.25, -0.2) is 0 Å². The van der Waals surface area contributed by atoms with Crippen molar-refractivity contribution in [1.82, 2.24) is 10.6 Å². The molecule has 0 saturated carbocycles. The highest BCUT2D eigenvalue weighted by atomic mass is 15.1. The molecule has 0 unspecified atom stereocenters. The smallest absolute Gasteiger partial charge is 0.108 e. The molecular formula is C13H17N3. The first-order valence-electron chi connectivity index (χ1n) is 5.65. The van der Waals surface area contributed by atoms with Crippen LogP contribution in [0.4, 0.5) is 0 Å². The van der Waals surface area contributed by atoms with Crippen molar-refractivity contribution >= 4 is 0 Å². The minimum Gasteiger partial charge on any atom is -0.314 e. The first kappa shape index (κ1) is 11.1. The van der Waals surface area contributed by atoms with Gasteiger partial charge in [0.15, 0.2) is 0 Å². The monoisotopic (exact) mass is 215 g/mol. The third-order valence-electron chi connectivity index (χ3n) is 2.95. The second-order valence-electron chi connectivity index (χ2n) is 4.61. The molecular weight excluding hydrogens is 198 g/mol. The lowest BCUT2D eigenvalue weighted by Crippen LogP contribution is -2.62. The molecule has 3 nitrogen and oxygen atoms in total. The number of hydrogen-bond donors (Lipinski definition) is 2. The molecule has 3 heteroatoms. The zero-order valence-corrected chi connectivity index (χ0v) is 9.53. The molecule has 1 aromatic carbocycles. The summed E-state index contributed by atoms with van der Waals surface area (Å²) in [6.45, 7) is 3.90. The average molecular weight is 215 g/mol. The summed E-state index contributed by atoms with van der Waals surface area (Å²) in [6, 6.07) is 13.0. The fourth-order valence-electron chi connectivity index (χ4n) is 1.97. The van der Waals surface area contributed by atoms with E-state index in [9.17, 15) is 5.26 Å². The van der Waals surface area contributed by atoms with Crippen LogP contribution in [0.15, 0.2) is 30.3 Å². The number of nitriles is 1. The zero-order chi connectivity index (χ0) is 11.4. The number of rotatable bonds is 4. The van der Waals surface area contributed by atoms with E-state index in [1.165, 1.54) is 5.56 Å². The second-order valence-corrected chi connectivity index (χ2v) is 4.61. The maximum atomic E-state index is 9.28. The van der Waals surface area contributed by atoms with Crippen LogP contribution in [0.2, 0.25) is 0 Å². The van der Waals surface area contributed by atoms with E-state index in [0.29, 0.717) is 6.04 Å². The molecule has 0 aliphatic carbocycles. The maximum absolute atomic E-state index is 9.28. The standard InChI is InChI=1S/C13H17N3/c1-13(10-14,16-12-8-15-9-12)7-11-5-3-2-4-6-11/h2-6,12,15-16H,7-9H2,1H3/t13-/m1/s1. The van der Waals surface area contributed by atoms with Crippen molar-refractivity contribution in [2.24, 2.45) is 0 Å². The lowest BCUT2D eigenvalue weighted by molar-refractivity contribution is 0.296. The topological polar surface area (TPSA) is 47.9 Å². The van der Waals surface area contributed by atoms with Crippen molar-refractivity contribution in [3.8, 4) is 6.07 Å². The highest BCUT2D eigenvalue weighted by molar-refractivity contribution is 5.21. The van der Waals surface area contributed by atoms with Gasteiger partial charge in [0.25, 0.3) is 0 Å². The molecule has 0 aromatic heterocycles. The van der Waals surface area contributed by atoms with Gasteiger partial charge in [0, 0.05) is 25.6 Å². The number of nitrogens with one attached hydrogen (secondary N) is 2. The van der Waals surface area contributed by atoms with Crippen molar-refractivity contribution in [2.45, 2.75) is 24.9 Å². The van der Waals surface area contributed by atoms with E-state index in [4.69, 9.17) is 0 Å². The van der Waals surface area contributed by atoms with Crippen molar-refractivity contribution < 1.29 is 0 Å². The van der Waals surface area contributed by atoms with Crippen LogP contribution in [0.25, 0.3) is 0 Å². The minimum absolute atomic E-state index is 0.438. The fraction of sp³-hybridized carbons (Fsp3) is 0.462. The van der Waals surface area contributed by atoms with Gasteiger partial charge < -0.3 is 5.32 Å². The quantitative estimate of drug-likeness (QED) is 0.790. The van der Waals surface area contributed by atoms with Gasteiger partial charge >= 0.3 is 0 Å². The van der Waals surface area contributed by atoms with Crippen molar-refractivity contribution in [3.63, 3.8) is 0 Å². The van der Waals surface area contributed by atoms with Gasteiger partial charge in [-0.1, -0.05) is 30.3 Å². The van der Waals surface area contributed by atoms with Crippen LogP contribution < -0.4 is 10.6 Å². The van der Waals surface area contributed by atoms with Gasteiger partial charge in [0.2, 0.25) is 0 Å². The second kappa shape index (κ2) is 4.65. The predicted octanol–water partition coefficient (Wildman–Crippen LogP) is 1.07. The van der Waals surface area contributed by atoms with Crippen LogP contribution in [0.1, 0.15) is 12.5 Å². The van der Waals surface area contributed by atoms with Crippen LogP contribution in [-0.2, 0) is 6.42 Å². The van der Waals surface area contributed by atoms with Crippen molar-refractivity contribution in [1.29, 1.82) is 5.26 Å². The molecule has 2 rings (SSSR count). The number of nitrogens with zero attached hydrogens (tertiary/aromatic N) is 1. The highest BCUT2D eigenvalue weighted by Gasteiger charge is 2.29. The van der Waals surface area contributed by atoms with E-state index in [1.807, 2.05) is 25.1 Å². The maximum Gasteiger partial charge on any atom is 0.108 e. The normalized spacial score (nSPS) is 19.5. The highest BCUT2D eigenvalue weighted by Crippen LogP contribution is 2.14. The molecule has 1 aliphatic heterocycles. The van der Waals surface area contributed by atoms with E-state index in [-0.39, 0.29) is 0 Å². The van der Waals surface area contributed by atoms with Gasteiger partial charge in [-0.2, -0.15) is 5.26 Å². The van der Waals surface area contributed by atoms with Gasteiger partial charge in [-0.3, -0.25) is 5.32 Å². The average Bonchev–Trinajstić information content (AvgIpc) is 2.25. The van der Waals surface area contributed by atoms with Crippen LogP contribution in [0, 0.1) is 11.3 Å².